The third-order valence-electron chi connectivity index (χ3n) is 2.20. The highest BCUT2D eigenvalue weighted by Crippen LogP contribution is 2.36. The Morgan fingerprint density at radius 1 is 1.69 bits per heavy atom. The minimum atomic E-state index is -0.209. The molecule has 0 spiro atoms. The number of ether oxygens (including phenoxy) is 1. The molecular weight excluding hydrogens is 166 g/mol. The summed E-state index contributed by atoms with van der Waals surface area (Å²) in [6, 6.07) is 4.25. The molecule has 1 aromatic heterocycles. The Labute approximate surface area is 77.3 Å². The minimum Gasteiger partial charge on any atom is -0.461 e. The molecule has 1 aromatic rings. The highest BCUT2D eigenvalue weighted by Gasteiger charge is 2.26. The molecule has 0 radical (unpaired) electrons. The monoisotopic (exact) mass is 179 g/mol. The van der Waals surface area contributed by atoms with E-state index in [-0.39, 0.29) is 5.97 Å². The largest absolute Gasteiger partial charge is 0.461 e. The van der Waals surface area contributed by atoms with E-state index in [0.29, 0.717) is 18.3 Å². The van der Waals surface area contributed by atoms with Gasteiger partial charge in [-0.25, -0.2) is 4.79 Å². The van der Waals surface area contributed by atoms with E-state index < -0.39 is 0 Å². The summed E-state index contributed by atoms with van der Waals surface area (Å²) < 4.78 is 6.96. The molecule has 0 aromatic carbocycles. The summed E-state index contributed by atoms with van der Waals surface area (Å²) in [6.45, 7) is 2.26. The Balaban J connectivity index is 2.18. The Morgan fingerprint density at radius 3 is 3.08 bits per heavy atom. The number of carbonyl (C=O) groups is 1. The van der Waals surface area contributed by atoms with E-state index in [4.69, 9.17) is 4.74 Å². The Morgan fingerprint density at radius 2 is 2.46 bits per heavy atom. The summed E-state index contributed by atoms with van der Waals surface area (Å²) in [4.78, 5) is 11.4. The van der Waals surface area contributed by atoms with Gasteiger partial charge in [-0.3, -0.25) is 0 Å². The van der Waals surface area contributed by atoms with Crippen molar-refractivity contribution < 1.29 is 9.53 Å². The molecule has 0 N–H and O–H groups in total. The number of rotatable bonds is 3. The zero-order valence-corrected chi connectivity index (χ0v) is 7.69. The molecular formula is C10H13NO2. The first-order valence-corrected chi connectivity index (χ1v) is 4.67. The van der Waals surface area contributed by atoms with Gasteiger partial charge in [0.15, 0.2) is 0 Å². The van der Waals surface area contributed by atoms with Gasteiger partial charge in [0.25, 0.3) is 0 Å². The number of aromatic nitrogens is 1. The zero-order chi connectivity index (χ0) is 9.26. The molecule has 1 heterocycles. The van der Waals surface area contributed by atoms with Gasteiger partial charge >= 0.3 is 5.97 Å². The number of hydrogen-bond donors (Lipinski definition) is 0. The fourth-order valence-corrected chi connectivity index (χ4v) is 1.44. The molecule has 1 fully saturated rings. The summed E-state index contributed by atoms with van der Waals surface area (Å²) in [7, 11) is 0. The van der Waals surface area contributed by atoms with E-state index in [1.165, 1.54) is 12.8 Å². The SMILES string of the molecule is CCOC(=O)c1cccn1C1CC1. The molecule has 0 amide bonds. The van der Waals surface area contributed by atoms with Crippen LogP contribution in [0.2, 0.25) is 0 Å². The van der Waals surface area contributed by atoms with Crippen LogP contribution in [-0.4, -0.2) is 17.1 Å². The van der Waals surface area contributed by atoms with E-state index in [0.717, 1.165) is 0 Å². The average molecular weight is 179 g/mol. The van der Waals surface area contributed by atoms with Crippen molar-refractivity contribution in [3.05, 3.63) is 24.0 Å². The quantitative estimate of drug-likeness (QED) is 0.664. The van der Waals surface area contributed by atoms with Crippen molar-refractivity contribution in [2.24, 2.45) is 0 Å². The zero-order valence-electron chi connectivity index (χ0n) is 7.69. The number of hydrogen-bond acceptors (Lipinski definition) is 2. The van der Waals surface area contributed by atoms with Crippen LogP contribution in [0.15, 0.2) is 18.3 Å². The van der Waals surface area contributed by atoms with Gasteiger partial charge in [0.05, 0.1) is 6.61 Å². The van der Waals surface area contributed by atoms with Crippen LogP contribution in [0.5, 0.6) is 0 Å². The van der Waals surface area contributed by atoms with Crippen molar-refractivity contribution in [3.8, 4) is 0 Å². The van der Waals surface area contributed by atoms with Gasteiger partial charge in [-0.2, -0.15) is 0 Å². The maximum absolute atomic E-state index is 11.4. The van der Waals surface area contributed by atoms with Crippen LogP contribution in [0.4, 0.5) is 0 Å². The third kappa shape index (κ3) is 1.59. The lowest BCUT2D eigenvalue weighted by Gasteiger charge is -2.05. The summed E-state index contributed by atoms with van der Waals surface area (Å²) in [6.07, 6.45) is 4.31. The molecule has 1 aliphatic carbocycles. The molecule has 2 rings (SSSR count). The molecule has 0 bridgehead atoms. The molecule has 70 valence electrons. The van der Waals surface area contributed by atoms with Crippen molar-refractivity contribution in [2.45, 2.75) is 25.8 Å². The molecule has 0 unspecified atom stereocenters. The lowest BCUT2D eigenvalue weighted by molar-refractivity contribution is 0.0513. The molecule has 3 nitrogen and oxygen atoms in total. The van der Waals surface area contributed by atoms with E-state index in [9.17, 15) is 4.79 Å². The summed E-state index contributed by atoms with van der Waals surface area (Å²) in [5.41, 5.74) is 0.685. The predicted octanol–water partition coefficient (Wildman–Crippen LogP) is 2.00. The second kappa shape index (κ2) is 3.24. The van der Waals surface area contributed by atoms with Crippen LogP contribution < -0.4 is 0 Å². The fraction of sp³-hybridized carbons (Fsp3) is 0.500. The van der Waals surface area contributed by atoms with Crippen LogP contribution >= 0.6 is 0 Å². The third-order valence-corrected chi connectivity index (χ3v) is 2.20. The minimum absolute atomic E-state index is 0.209. The van der Waals surface area contributed by atoms with Gasteiger partial charge in [-0.1, -0.05) is 0 Å². The molecule has 3 heteroatoms. The molecule has 0 aliphatic heterocycles. The maximum atomic E-state index is 11.4. The topological polar surface area (TPSA) is 31.2 Å². The van der Waals surface area contributed by atoms with Crippen LogP contribution in [0.1, 0.15) is 36.3 Å². The first-order valence-electron chi connectivity index (χ1n) is 4.67. The van der Waals surface area contributed by atoms with Gasteiger partial charge in [0.2, 0.25) is 0 Å². The Bertz CT molecular complexity index is 312. The molecule has 13 heavy (non-hydrogen) atoms. The molecule has 0 saturated heterocycles. The highest BCUT2D eigenvalue weighted by molar-refractivity contribution is 5.87. The van der Waals surface area contributed by atoms with Crippen LogP contribution in [0.3, 0.4) is 0 Å². The Hall–Kier alpha value is -1.25. The molecule has 0 atom stereocenters. The second-order valence-corrected chi connectivity index (χ2v) is 3.25. The van der Waals surface area contributed by atoms with E-state index >= 15 is 0 Å². The fourth-order valence-electron chi connectivity index (χ4n) is 1.44. The van der Waals surface area contributed by atoms with Gasteiger partial charge in [-0.15, -0.1) is 0 Å². The van der Waals surface area contributed by atoms with E-state index in [1.54, 1.807) is 0 Å². The smallest absolute Gasteiger partial charge is 0.354 e. The van der Waals surface area contributed by atoms with Crippen molar-refractivity contribution in [3.63, 3.8) is 0 Å². The van der Waals surface area contributed by atoms with Crippen molar-refractivity contribution >= 4 is 5.97 Å². The molecule has 1 aliphatic rings. The lowest BCUT2D eigenvalue weighted by Crippen LogP contribution is -2.10. The van der Waals surface area contributed by atoms with Crippen LogP contribution in [0.25, 0.3) is 0 Å². The van der Waals surface area contributed by atoms with Gasteiger partial charge in [0, 0.05) is 12.2 Å². The number of carbonyl (C=O) groups excluding carboxylic acids is 1. The van der Waals surface area contributed by atoms with Crippen LogP contribution in [-0.2, 0) is 4.74 Å². The first kappa shape index (κ1) is 8.35. The highest BCUT2D eigenvalue weighted by atomic mass is 16.5. The number of nitrogens with zero attached hydrogens (tertiary/aromatic N) is 1. The van der Waals surface area contributed by atoms with Crippen molar-refractivity contribution in [1.29, 1.82) is 0 Å². The second-order valence-electron chi connectivity index (χ2n) is 3.25. The van der Waals surface area contributed by atoms with Gasteiger partial charge in [0.1, 0.15) is 5.69 Å². The van der Waals surface area contributed by atoms with Gasteiger partial charge in [-0.05, 0) is 31.9 Å². The van der Waals surface area contributed by atoms with Crippen molar-refractivity contribution in [1.82, 2.24) is 4.57 Å². The van der Waals surface area contributed by atoms with E-state index in [2.05, 4.69) is 0 Å². The average Bonchev–Trinajstić information content (AvgIpc) is 2.84. The van der Waals surface area contributed by atoms with E-state index in [1.807, 2.05) is 29.8 Å². The summed E-state index contributed by atoms with van der Waals surface area (Å²) in [5, 5.41) is 0. The first-order chi connectivity index (χ1) is 6.33. The summed E-state index contributed by atoms with van der Waals surface area (Å²) >= 11 is 0. The van der Waals surface area contributed by atoms with Crippen molar-refractivity contribution in [2.75, 3.05) is 6.61 Å². The van der Waals surface area contributed by atoms with Gasteiger partial charge < -0.3 is 9.30 Å². The Kier molecular flexibility index (Phi) is 2.08. The normalized spacial score (nSPS) is 15.8. The number of esters is 1. The summed E-state index contributed by atoms with van der Waals surface area (Å²) in [5.74, 6) is -0.209. The maximum Gasteiger partial charge on any atom is 0.354 e. The van der Waals surface area contributed by atoms with Crippen LogP contribution in [0, 0.1) is 0 Å². The lowest BCUT2D eigenvalue weighted by atomic mass is 10.4. The standard InChI is InChI=1S/C10H13NO2/c1-2-13-10(12)9-4-3-7-11(9)8-5-6-8/h3-4,7-8H,2,5-6H2,1H3. The predicted molar refractivity (Wildman–Crippen MR) is 48.7 cm³/mol. The molecule has 1 saturated carbocycles.